The van der Waals surface area contributed by atoms with Crippen molar-refractivity contribution in [3.05, 3.63) is 95.1 Å². The Morgan fingerprint density at radius 1 is 0.935 bits per heavy atom. The van der Waals surface area contributed by atoms with Crippen molar-refractivity contribution in [3.8, 4) is 0 Å². The second kappa shape index (κ2) is 10.5. The zero-order valence-corrected chi connectivity index (χ0v) is 19.2. The van der Waals surface area contributed by atoms with Crippen LogP contribution in [0.5, 0.6) is 0 Å². The van der Waals surface area contributed by atoms with Gasteiger partial charge in [0, 0.05) is 23.6 Å². The number of carbonyl (C=O) groups is 1. The summed E-state index contributed by atoms with van der Waals surface area (Å²) in [5.41, 5.74) is 4.15. The van der Waals surface area contributed by atoms with E-state index in [1.807, 2.05) is 0 Å². The van der Waals surface area contributed by atoms with Gasteiger partial charge in [-0.1, -0.05) is 48.0 Å². The highest BCUT2D eigenvalue weighted by Gasteiger charge is 2.15. The summed E-state index contributed by atoms with van der Waals surface area (Å²) in [7, 11) is -3.67. The number of benzene rings is 3. The lowest BCUT2D eigenvalue weighted by Gasteiger charge is -2.12. The van der Waals surface area contributed by atoms with Crippen LogP contribution >= 0.6 is 11.8 Å². The van der Waals surface area contributed by atoms with Gasteiger partial charge in [-0.25, -0.2) is 8.42 Å². The molecular weight excluding hydrogens is 428 g/mol. The molecule has 0 aliphatic heterocycles. The molecule has 7 heteroatoms. The van der Waals surface area contributed by atoms with Crippen molar-refractivity contribution in [1.82, 2.24) is 5.32 Å². The third-order valence-corrected chi connectivity index (χ3v) is 7.12. The molecule has 3 rings (SSSR count). The van der Waals surface area contributed by atoms with Crippen LogP contribution in [0.4, 0.5) is 5.69 Å². The van der Waals surface area contributed by atoms with Crippen LogP contribution < -0.4 is 10.0 Å². The van der Waals surface area contributed by atoms with Crippen molar-refractivity contribution in [2.45, 2.75) is 24.5 Å². The summed E-state index contributed by atoms with van der Waals surface area (Å²) in [6, 6.07) is 21.6. The Morgan fingerprint density at radius 3 is 2.32 bits per heavy atom. The molecular formula is C24H26N2O3S2. The number of hydrogen-bond acceptors (Lipinski definition) is 4. The summed E-state index contributed by atoms with van der Waals surface area (Å²) >= 11 is 1.77. The molecule has 0 aliphatic rings. The molecule has 2 N–H and O–H groups in total. The number of anilines is 1. The van der Waals surface area contributed by atoms with E-state index in [1.165, 1.54) is 23.3 Å². The Balaban J connectivity index is 1.50. The van der Waals surface area contributed by atoms with E-state index < -0.39 is 10.0 Å². The molecule has 0 aliphatic carbocycles. The van der Waals surface area contributed by atoms with Gasteiger partial charge in [0.15, 0.2) is 0 Å². The van der Waals surface area contributed by atoms with Crippen molar-refractivity contribution in [1.29, 1.82) is 0 Å². The molecule has 0 spiro atoms. The molecule has 0 saturated heterocycles. The van der Waals surface area contributed by atoms with Gasteiger partial charge in [-0.15, -0.1) is 0 Å². The molecule has 0 aromatic heterocycles. The second-order valence-corrected chi connectivity index (χ2v) is 10.0. The molecule has 5 nitrogen and oxygen atoms in total. The third kappa shape index (κ3) is 6.60. The van der Waals surface area contributed by atoms with Crippen LogP contribution in [0.3, 0.4) is 0 Å². The van der Waals surface area contributed by atoms with Crippen LogP contribution in [0.15, 0.2) is 77.7 Å². The van der Waals surface area contributed by atoms with Crippen LogP contribution in [0.25, 0.3) is 0 Å². The van der Waals surface area contributed by atoms with Crippen molar-refractivity contribution < 1.29 is 13.2 Å². The van der Waals surface area contributed by atoms with Crippen LogP contribution in [0.1, 0.15) is 27.0 Å². The van der Waals surface area contributed by atoms with Gasteiger partial charge in [-0.3, -0.25) is 9.52 Å². The number of thioether (sulfide) groups is 1. The summed E-state index contributed by atoms with van der Waals surface area (Å²) in [5, 5.41) is 2.92. The highest BCUT2D eigenvalue weighted by Crippen LogP contribution is 2.21. The maximum Gasteiger partial charge on any atom is 0.261 e. The number of hydrogen-bond donors (Lipinski definition) is 2. The molecule has 31 heavy (non-hydrogen) atoms. The monoisotopic (exact) mass is 454 g/mol. The summed E-state index contributed by atoms with van der Waals surface area (Å²) in [5.74, 6) is 1.55. The minimum absolute atomic E-state index is 0.170. The molecule has 0 atom stereocenters. The van der Waals surface area contributed by atoms with E-state index >= 15 is 0 Å². The Labute approximate surface area is 188 Å². The fourth-order valence-corrected chi connectivity index (χ4v) is 4.91. The first-order valence-corrected chi connectivity index (χ1v) is 12.6. The summed E-state index contributed by atoms with van der Waals surface area (Å²) in [6.45, 7) is 4.41. The zero-order chi connectivity index (χ0) is 22.3. The van der Waals surface area contributed by atoms with E-state index in [9.17, 15) is 13.2 Å². The van der Waals surface area contributed by atoms with Crippen LogP contribution in [0.2, 0.25) is 0 Å². The Morgan fingerprint density at radius 2 is 1.65 bits per heavy atom. The SMILES string of the molecule is Cc1ccc(CSCCNC(=O)c2ccc(NS(=O)(=O)c3ccccc3)c(C)c2)cc1. The van der Waals surface area contributed by atoms with Gasteiger partial charge in [0.2, 0.25) is 0 Å². The predicted molar refractivity (Wildman–Crippen MR) is 128 cm³/mol. The lowest BCUT2D eigenvalue weighted by atomic mass is 10.1. The number of aryl methyl sites for hydroxylation is 2. The standard InChI is InChI=1S/C24H26N2O3S2/c1-18-8-10-20(11-9-18)17-30-15-14-25-24(27)21-12-13-23(19(2)16-21)26-31(28,29)22-6-4-3-5-7-22/h3-13,16,26H,14-15,17H2,1-2H3,(H,25,27). The molecule has 0 heterocycles. The van der Waals surface area contributed by atoms with E-state index in [-0.39, 0.29) is 10.8 Å². The van der Waals surface area contributed by atoms with Gasteiger partial charge in [0.05, 0.1) is 10.6 Å². The van der Waals surface area contributed by atoms with Gasteiger partial charge >= 0.3 is 0 Å². The largest absolute Gasteiger partial charge is 0.351 e. The molecule has 3 aromatic rings. The lowest BCUT2D eigenvalue weighted by molar-refractivity contribution is 0.0956. The number of nitrogens with one attached hydrogen (secondary N) is 2. The van der Waals surface area contributed by atoms with E-state index in [0.717, 1.165) is 11.5 Å². The highest BCUT2D eigenvalue weighted by molar-refractivity contribution is 7.98. The molecule has 0 saturated carbocycles. The van der Waals surface area contributed by atoms with Gasteiger partial charge in [-0.05, 0) is 55.3 Å². The first-order valence-electron chi connectivity index (χ1n) is 9.95. The lowest BCUT2D eigenvalue weighted by Crippen LogP contribution is -2.26. The predicted octanol–water partition coefficient (Wildman–Crippen LogP) is 4.77. The van der Waals surface area contributed by atoms with E-state index in [1.54, 1.807) is 55.1 Å². The molecule has 0 radical (unpaired) electrons. The average molecular weight is 455 g/mol. The highest BCUT2D eigenvalue weighted by atomic mass is 32.2. The normalized spacial score (nSPS) is 11.2. The first kappa shape index (κ1) is 22.9. The van der Waals surface area contributed by atoms with Crippen LogP contribution in [-0.4, -0.2) is 26.6 Å². The van der Waals surface area contributed by atoms with Gasteiger partial charge in [0.25, 0.3) is 15.9 Å². The molecule has 0 unspecified atom stereocenters. The molecule has 0 bridgehead atoms. The van der Waals surface area contributed by atoms with Crippen molar-refractivity contribution >= 4 is 33.4 Å². The maximum absolute atomic E-state index is 12.5. The summed E-state index contributed by atoms with van der Waals surface area (Å²) in [4.78, 5) is 12.6. The van der Waals surface area contributed by atoms with E-state index in [2.05, 4.69) is 41.2 Å². The first-order chi connectivity index (χ1) is 14.8. The van der Waals surface area contributed by atoms with Crippen LogP contribution in [-0.2, 0) is 15.8 Å². The fourth-order valence-electron chi connectivity index (χ4n) is 2.94. The summed E-state index contributed by atoms with van der Waals surface area (Å²) < 4.78 is 27.6. The third-order valence-electron chi connectivity index (χ3n) is 4.71. The quantitative estimate of drug-likeness (QED) is 0.457. The topological polar surface area (TPSA) is 75.3 Å². The maximum atomic E-state index is 12.5. The van der Waals surface area contributed by atoms with E-state index in [0.29, 0.717) is 23.4 Å². The number of carbonyl (C=O) groups excluding carboxylic acids is 1. The molecule has 1 amide bonds. The second-order valence-electron chi connectivity index (χ2n) is 7.24. The minimum Gasteiger partial charge on any atom is -0.351 e. The van der Waals surface area contributed by atoms with Crippen LogP contribution in [0, 0.1) is 13.8 Å². The molecule has 3 aromatic carbocycles. The van der Waals surface area contributed by atoms with Crippen molar-refractivity contribution in [2.75, 3.05) is 17.0 Å². The molecule has 0 fully saturated rings. The number of amides is 1. The van der Waals surface area contributed by atoms with Gasteiger partial charge in [-0.2, -0.15) is 11.8 Å². The van der Waals surface area contributed by atoms with Crippen molar-refractivity contribution in [2.24, 2.45) is 0 Å². The Kier molecular flexibility index (Phi) is 7.76. The number of rotatable bonds is 9. The minimum atomic E-state index is -3.67. The Bertz CT molecular complexity index is 1130. The molecule has 162 valence electrons. The van der Waals surface area contributed by atoms with Gasteiger partial charge < -0.3 is 5.32 Å². The average Bonchev–Trinajstić information content (AvgIpc) is 2.76. The number of sulfonamides is 1. The smallest absolute Gasteiger partial charge is 0.261 e. The Hall–Kier alpha value is -2.77. The van der Waals surface area contributed by atoms with Gasteiger partial charge in [0.1, 0.15) is 0 Å². The summed E-state index contributed by atoms with van der Waals surface area (Å²) in [6.07, 6.45) is 0. The fraction of sp³-hybridized carbons (Fsp3) is 0.208. The van der Waals surface area contributed by atoms with E-state index in [4.69, 9.17) is 0 Å². The van der Waals surface area contributed by atoms with Crippen molar-refractivity contribution in [3.63, 3.8) is 0 Å². The zero-order valence-electron chi connectivity index (χ0n) is 17.6.